The number of likely N-dealkylation sites (N-methyl/N-ethyl adjacent to an activating group) is 1. The summed E-state index contributed by atoms with van der Waals surface area (Å²) in [5.74, 6) is -2.83. The van der Waals surface area contributed by atoms with Gasteiger partial charge in [-0.25, -0.2) is 4.79 Å². The molecule has 1 heterocycles. The maximum absolute atomic E-state index is 14.7. The number of carbonyl (C=O) groups excluding carboxylic acids is 4. The minimum absolute atomic E-state index is 0.00252. The van der Waals surface area contributed by atoms with Gasteiger partial charge in [-0.2, -0.15) is 0 Å². The van der Waals surface area contributed by atoms with Crippen LogP contribution < -0.4 is 5.32 Å². The number of nitrogens with zero attached hydrogens (tertiary/aromatic N) is 1. The summed E-state index contributed by atoms with van der Waals surface area (Å²) in [6, 6.07) is 29.7. The van der Waals surface area contributed by atoms with Gasteiger partial charge >= 0.3 is 11.9 Å². The van der Waals surface area contributed by atoms with Crippen LogP contribution in [0.1, 0.15) is 78.2 Å². The number of phenols is 1. The molecule has 2 aliphatic carbocycles. The van der Waals surface area contributed by atoms with Crippen molar-refractivity contribution in [2.24, 2.45) is 0 Å². The fourth-order valence-corrected chi connectivity index (χ4v) is 8.43. The van der Waals surface area contributed by atoms with E-state index in [1.165, 1.54) is 4.90 Å². The number of carbonyl (C=O) groups is 4. The van der Waals surface area contributed by atoms with Gasteiger partial charge in [0.15, 0.2) is 5.79 Å². The van der Waals surface area contributed by atoms with E-state index in [0.29, 0.717) is 30.4 Å². The van der Waals surface area contributed by atoms with Gasteiger partial charge in [-0.15, -0.1) is 0 Å². The van der Waals surface area contributed by atoms with Crippen LogP contribution in [0.5, 0.6) is 5.75 Å². The van der Waals surface area contributed by atoms with Crippen molar-refractivity contribution in [1.82, 2.24) is 10.2 Å². The number of ether oxygens (including phenoxy) is 4. The first-order valence-corrected chi connectivity index (χ1v) is 21.5. The summed E-state index contributed by atoms with van der Waals surface area (Å²) in [6.45, 7) is 4.88. The van der Waals surface area contributed by atoms with Crippen molar-refractivity contribution in [2.45, 2.75) is 108 Å². The Labute approximate surface area is 368 Å². The van der Waals surface area contributed by atoms with Crippen molar-refractivity contribution < 1.29 is 48.3 Å². The van der Waals surface area contributed by atoms with Gasteiger partial charge in [0.1, 0.15) is 35.7 Å². The van der Waals surface area contributed by atoms with E-state index in [4.69, 9.17) is 18.9 Å². The summed E-state index contributed by atoms with van der Waals surface area (Å²) in [6.07, 6.45) is 4.88. The number of aromatic hydroxyl groups is 1. The number of hydrogen-bond acceptors (Lipinski definition) is 10. The van der Waals surface area contributed by atoms with Gasteiger partial charge in [-0.1, -0.05) is 97.1 Å². The second-order valence-corrected chi connectivity index (χ2v) is 17.5. The van der Waals surface area contributed by atoms with E-state index in [2.05, 4.69) is 5.32 Å². The number of rotatable bonds is 15. The van der Waals surface area contributed by atoms with E-state index in [-0.39, 0.29) is 31.4 Å². The summed E-state index contributed by atoms with van der Waals surface area (Å²) in [5, 5.41) is 23.3. The molecule has 5 atom stereocenters. The van der Waals surface area contributed by atoms with Crippen molar-refractivity contribution in [3.05, 3.63) is 154 Å². The summed E-state index contributed by atoms with van der Waals surface area (Å²) < 4.78 is 25.1. The Morgan fingerprint density at radius 3 is 2.32 bits per heavy atom. The lowest BCUT2D eigenvalue weighted by atomic mass is 9.90. The third kappa shape index (κ3) is 11.3. The predicted octanol–water partition coefficient (Wildman–Crippen LogP) is 6.45. The van der Waals surface area contributed by atoms with E-state index < -0.39 is 72.1 Å². The van der Waals surface area contributed by atoms with E-state index >= 15 is 0 Å². The summed E-state index contributed by atoms with van der Waals surface area (Å²) in [5.41, 5.74) is 4.46. The van der Waals surface area contributed by atoms with Crippen LogP contribution in [-0.4, -0.2) is 94.3 Å². The van der Waals surface area contributed by atoms with Crippen LogP contribution in [0.15, 0.2) is 121 Å². The zero-order valence-electron chi connectivity index (χ0n) is 36.2. The molecule has 12 heteroatoms. The molecule has 0 saturated carbocycles. The van der Waals surface area contributed by atoms with E-state index in [0.717, 1.165) is 27.8 Å². The Kier molecular flexibility index (Phi) is 13.9. The second-order valence-electron chi connectivity index (χ2n) is 17.5. The fraction of sp³-hybridized carbons (Fsp3) is 0.373. The van der Waals surface area contributed by atoms with E-state index in [9.17, 15) is 29.4 Å². The lowest BCUT2D eigenvalue weighted by molar-refractivity contribution is -0.172. The number of hydrogen-bond donors (Lipinski definition) is 3. The number of aliphatic hydroxyl groups is 1. The molecule has 4 aromatic rings. The maximum Gasteiger partial charge on any atom is 0.338 e. The first-order valence-electron chi connectivity index (χ1n) is 21.5. The highest BCUT2D eigenvalue weighted by Crippen LogP contribution is 2.45. The SMILES string of the molecule is CN(C(=O)C1=CC2OC3(Cc4ccccc4C3)OC2C(OC(=O)c2cccc(C=CCc3ccccc3O)c2)C1)C(Cc1ccccc1)C(=O)NC(CO)CCC(=O)OC(C)(C)C. The highest BCUT2D eigenvalue weighted by Gasteiger charge is 2.55. The molecule has 2 amide bonds. The van der Waals surface area contributed by atoms with Crippen LogP contribution >= 0.6 is 0 Å². The molecule has 0 radical (unpaired) electrons. The lowest BCUT2D eigenvalue weighted by Crippen LogP contribution is -2.53. The molecule has 1 saturated heterocycles. The summed E-state index contributed by atoms with van der Waals surface area (Å²) >= 11 is 0. The van der Waals surface area contributed by atoms with Crippen molar-refractivity contribution in [3.63, 3.8) is 0 Å². The molecule has 0 bridgehead atoms. The van der Waals surface area contributed by atoms with Gasteiger partial charge in [0.2, 0.25) is 11.8 Å². The zero-order chi connectivity index (χ0) is 44.7. The highest BCUT2D eigenvalue weighted by atomic mass is 16.8. The number of allylic oxidation sites excluding steroid dienone is 1. The van der Waals surface area contributed by atoms with Gasteiger partial charge in [0, 0.05) is 44.7 Å². The highest BCUT2D eigenvalue weighted by molar-refractivity contribution is 5.97. The molecular weight excluding hydrogens is 801 g/mol. The molecular formula is C51H56N2O10. The van der Waals surface area contributed by atoms with Crippen LogP contribution in [0.3, 0.4) is 0 Å². The van der Waals surface area contributed by atoms with Crippen LogP contribution in [0, 0.1) is 0 Å². The molecule has 7 rings (SSSR count). The number of para-hydroxylation sites is 1. The minimum atomic E-state index is -1.02. The monoisotopic (exact) mass is 856 g/mol. The largest absolute Gasteiger partial charge is 0.508 e. The third-order valence-electron chi connectivity index (χ3n) is 11.6. The van der Waals surface area contributed by atoms with Crippen molar-refractivity contribution >= 4 is 29.8 Å². The quantitative estimate of drug-likeness (QED) is 0.113. The molecule has 3 N–H and O–H groups in total. The van der Waals surface area contributed by atoms with Crippen molar-refractivity contribution in [1.29, 1.82) is 0 Å². The second kappa shape index (κ2) is 19.5. The molecule has 1 spiro atoms. The third-order valence-corrected chi connectivity index (χ3v) is 11.6. The number of benzene rings is 4. The smallest absolute Gasteiger partial charge is 0.338 e. The molecule has 0 aromatic heterocycles. The van der Waals surface area contributed by atoms with E-state index in [1.807, 2.05) is 84.9 Å². The van der Waals surface area contributed by atoms with Gasteiger partial charge in [0.25, 0.3) is 0 Å². The van der Waals surface area contributed by atoms with E-state index in [1.54, 1.807) is 64.2 Å². The van der Waals surface area contributed by atoms with Gasteiger partial charge in [0.05, 0.1) is 18.2 Å². The Balaban J connectivity index is 1.11. The standard InChI is InChI=1S/C51H56N2O10/c1-50(2,3)62-45(56)25-24-40(32-54)52-47(57)41(27-34-14-6-5-7-15-34)53(4)48(58)39-28-43(46-44(29-39)61-51(63-46)30-37-19-8-9-20-38(37)31-51)60-49(59)36-22-13-17-33(26-36)16-12-21-35-18-10-11-23-42(35)55/h5-20,22-23,26,29,40-41,43-44,46,54-55H,21,24-25,27-28,30-32H2,1-4H3,(H,52,57). The van der Waals surface area contributed by atoms with Crippen LogP contribution in [0.4, 0.5) is 0 Å². The van der Waals surface area contributed by atoms with Gasteiger partial charge in [-0.05, 0) is 85.7 Å². The zero-order valence-corrected chi connectivity index (χ0v) is 36.2. The minimum Gasteiger partial charge on any atom is -0.508 e. The normalized spacial score (nSPS) is 19.7. The average molecular weight is 857 g/mol. The number of aliphatic hydroxyl groups excluding tert-OH is 1. The van der Waals surface area contributed by atoms with Crippen LogP contribution in [0.25, 0.3) is 6.08 Å². The number of esters is 2. The molecule has 12 nitrogen and oxygen atoms in total. The lowest BCUT2D eigenvalue weighted by Gasteiger charge is -2.34. The first kappa shape index (κ1) is 45.0. The molecule has 1 fully saturated rings. The molecule has 3 aliphatic rings. The fourth-order valence-electron chi connectivity index (χ4n) is 8.43. The van der Waals surface area contributed by atoms with Gasteiger partial charge < -0.3 is 39.4 Å². The molecule has 330 valence electrons. The summed E-state index contributed by atoms with van der Waals surface area (Å²) in [7, 11) is 1.55. The van der Waals surface area contributed by atoms with Crippen molar-refractivity contribution in [2.75, 3.05) is 13.7 Å². The topological polar surface area (TPSA) is 161 Å². The van der Waals surface area contributed by atoms with Crippen LogP contribution in [0.2, 0.25) is 0 Å². The molecule has 5 unspecified atom stereocenters. The number of amides is 2. The predicted molar refractivity (Wildman–Crippen MR) is 236 cm³/mol. The number of phenolic OH excluding ortho intramolecular Hbond substituents is 1. The molecule has 1 aliphatic heterocycles. The van der Waals surface area contributed by atoms with Crippen molar-refractivity contribution in [3.8, 4) is 5.75 Å². The van der Waals surface area contributed by atoms with Gasteiger partial charge in [-0.3, -0.25) is 14.4 Å². The average Bonchev–Trinajstić information content (AvgIpc) is 3.82. The Hall–Kier alpha value is -6.08. The number of nitrogens with one attached hydrogen (secondary N) is 1. The molecule has 4 aromatic carbocycles. The van der Waals surface area contributed by atoms with Crippen LogP contribution in [-0.2, 0) is 59.0 Å². The number of fused-ring (bicyclic) bond motifs is 2. The first-order chi connectivity index (χ1) is 30.2. The summed E-state index contributed by atoms with van der Waals surface area (Å²) in [4.78, 5) is 56.7. The Morgan fingerprint density at radius 2 is 1.62 bits per heavy atom. The molecule has 63 heavy (non-hydrogen) atoms. The Morgan fingerprint density at radius 1 is 0.921 bits per heavy atom. The maximum atomic E-state index is 14.7. The Bertz CT molecular complexity index is 2330.